The molecular formula is C11H12BrN5OS. The topological polar surface area (TPSA) is 72.7 Å². The van der Waals surface area contributed by atoms with Gasteiger partial charge in [0.15, 0.2) is 0 Å². The third kappa shape index (κ3) is 3.77. The summed E-state index contributed by atoms with van der Waals surface area (Å²) in [6.45, 7) is 0. The molecule has 0 fully saturated rings. The summed E-state index contributed by atoms with van der Waals surface area (Å²) >= 11 is 4.83. The quantitative estimate of drug-likeness (QED) is 0.837. The zero-order chi connectivity index (χ0) is 13.7. The number of carbonyl (C=O) groups excluding carboxylic acids is 1. The fourth-order valence-corrected chi connectivity index (χ4v) is 2.47. The number of aromatic nitrogens is 4. The molecule has 1 heterocycles. The van der Waals surface area contributed by atoms with Crippen molar-refractivity contribution in [3.63, 3.8) is 0 Å². The zero-order valence-corrected chi connectivity index (χ0v) is 12.6. The molecule has 2 rings (SSSR count). The van der Waals surface area contributed by atoms with Crippen LogP contribution in [0.1, 0.15) is 6.42 Å². The molecule has 0 spiro atoms. The fourth-order valence-electron chi connectivity index (χ4n) is 1.37. The summed E-state index contributed by atoms with van der Waals surface area (Å²) in [5, 5.41) is 14.8. The number of halogens is 1. The van der Waals surface area contributed by atoms with E-state index in [4.69, 9.17) is 0 Å². The van der Waals surface area contributed by atoms with Gasteiger partial charge in [0.05, 0.1) is 5.69 Å². The highest BCUT2D eigenvalue weighted by Gasteiger charge is 2.09. The minimum Gasteiger partial charge on any atom is -0.359 e. The third-order valence-electron chi connectivity index (χ3n) is 2.35. The van der Waals surface area contributed by atoms with Crippen LogP contribution in [0.2, 0.25) is 0 Å². The second-order valence-corrected chi connectivity index (χ2v) is 5.60. The molecule has 100 valence electrons. The van der Waals surface area contributed by atoms with Crippen LogP contribution in [0.5, 0.6) is 0 Å². The van der Waals surface area contributed by atoms with E-state index in [9.17, 15) is 4.79 Å². The van der Waals surface area contributed by atoms with E-state index in [0.29, 0.717) is 17.3 Å². The van der Waals surface area contributed by atoms with Gasteiger partial charge in [-0.1, -0.05) is 27.7 Å². The maximum Gasteiger partial charge on any atom is 0.220 e. The van der Waals surface area contributed by atoms with Gasteiger partial charge in [0, 0.05) is 23.7 Å². The van der Waals surface area contributed by atoms with Crippen LogP contribution in [0.3, 0.4) is 0 Å². The van der Waals surface area contributed by atoms with Crippen LogP contribution < -0.4 is 5.32 Å². The van der Waals surface area contributed by atoms with E-state index in [2.05, 4.69) is 36.8 Å². The molecule has 0 atom stereocenters. The number of hydrogen-bond acceptors (Lipinski definition) is 5. The van der Waals surface area contributed by atoms with Crippen LogP contribution in [0.15, 0.2) is 33.9 Å². The first-order chi connectivity index (χ1) is 9.20. The number of nitrogens with one attached hydrogen (secondary N) is 1. The SMILES string of the molecule is CNC(=O)CCSc1nnnn1-c1ccc(Br)cc1. The number of thioether (sulfide) groups is 1. The molecule has 0 aliphatic rings. The third-order valence-corrected chi connectivity index (χ3v) is 3.80. The largest absolute Gasteiger partial charge is 0.359 e. The van der Waals surface area contributed by atoms with Crippen LogP contribution in [0.25, 0.3) is 5.69 Å². The summed E-state index contributed by atoms with van der Waals surface area (Å²) in [4.78, 5) is 11.1. The van der Waals surface area contributed by atoms with Gasteiger partial charge >= 0.3 is 0 Å². The van der Waals surface area contributed by atoms with E-state index < -0.39 is 0 Å². The lowest BCUT2D eigenvalue weighted by atomic mass is 10.3. The molecule has 0 aliphatic heterocycles. The smallest absolute Gasteiger partial charge is 0.220 e. The van der Waals surface area contributed by atoms with E-state index >= 15 is 0 Å². The summed E-state index contributed by atoms with van der Waals surface area (Å²) < 4.78 is 2.65. The average Bonchev–Trinajstić information content (AvgIpc) is 2.88. The van der Waals surface area contributed by atoms with E-state index in [1.165, 1.54) is 11.8 Å². The summed E-state index contributed by atoms with van der Waals surface area (Å²) in [6, 6.07) is 7.69. The van der Waals surface area contributed by atoms with Crippen LogP contribution >= 0.6 is 27.7 Å². The molecule has 2 aromatic rings. The van der Waals surface area contributed by atoms with Crippen LogP contribution in [0.4, 0.5) is 0 Å². The highest BCUT2D eigenvalue weighted by Crippen LogP contribution is 2.20. The Hall–Kier alpha value is -1.41. The monoisotopic (exact) mass is 341 g/mol. The van der Waals surface area contributed by atoms with E-state index in [1.54, 1.807) is 11.7 Å². The first kappa shape index (κ1) is 14.0. The van der Waals surface area contributed by atoms with Gasteiger partial charge in [-0.3, -0.25) is 4.79 Å². The zero-order valence-electron chi connectivity index (χ0n) is 10.2. The van der Waals surface area contributed by atoms with Crippen molar-refractivity contribution in [2.24, 2.45) is 0 Å². The van der Waals surface area contributed by atoms with Crippen molar-refractivity contribution in [2.75, 3.05) is 12.8 Å². The Morgan fingerprint density at radius 1 is 1.42 bits per heavy atom. The fraction of sp³-hybridized carbons (Fsp3) is 0.273. The van der Waals surface area contributed by atoms with Crippen LogP contribution in [-0.4, -0.2) is 38.9 Å². The summed E-state index contributed by atoms with van der Waals surface area (Å²) in [5.74, 6) is 0.645. The Morgan fingerprint density at radius 3 is 2.84 bits per heavy atom. The number of rotatable bonds is 5. The van der Waals surface area contributed by atoms with E-state index in [1.807, 2.05) is 24.3 Å². The van der Waals surface area contributed by atoms with Gasteiger partial charge in [0.2, 0.25) is 11.1 Å². The Kier molecular flexibility index (Phi) is 4.92. The van der Waals surface area contributed by atoms with Crippen molar-refractivity contribution in [2.45, 2.75) is 11.6 Å². The maximum absolute atomic E-state index is 11.1. The van der Waals surface area contributed by atoms with Crippen molar-refractivity contribution in [3.8, 4) is 5.69 Å². The lowest BCUT2D eigenvalue weighted by Gasteiger charge is -2.04. The van der Waals surface area contributed by atoms with E-state index in [-0.39, 0.29) is 5.91 Å². The van der Waals surface area contributed by atoms with Crippen molar-refractivity contribution in [1.29, 1.82) is 0 Å². The Morgan fingerprint density at radius 2 is 2.16 bits per heavy atom. The number of nitrogens with zero attached hydrogens (tertiary/aromatic N) is 4. The number of tetrazole rings is 1. The predicted octanol–water partition coefficient (Wildman–Crippen LogP) is 1.65. The second-order valence-electron chi connectivity index (χ2n) is 3.62. The number of carbonyl (C=O) groups is 1. The minimum atomic E-state index is 0.00941. The summed E-state index contributed by atoms with van der Waals surface area (Å²) in [5.41, 5.74) is 0.885. The Labute approximate surface area is 123 Å². The van der Waals surface area contributed by atoms with Gasteiger partial charge in [-0.25, -0.2) is 0 Å². The van der Waals surface area contributed by atoms with Gasteiger partial charge in [-0.15, -0.1) is 5.10 Å². The molecule has 0 saturated carbocycles. The molecule has 0 aliphatic carbocycles. The van der Waals surface area contributed by atoms with Crippen molar-refractivity contribution in [1.82, 2.24) is 25.5 Å². The van der Waals surface area contributed by atoms with Crippen molar-refractivity contribution < 1.29 is 4.79 Å². The number of hydrogen-bond donors (Lipinski definition) is 1. The predicted molar refractivity (Wildman–Crippen MR) is 76.3 cm³/mol. The van der Waals surface area contributed by atoms with E-state index in [0.717, 1.165) is 10.2 Å². The van der Waals surface area contributed by atoms with Crippen molar-refractivity contribution >= 4 is 33.6 Å². The lowest BCUT2D eigenvalue weighted by Crippen LogP contribution is -2.17. The highest BCUT2D eigenvalue weighted by atomic mass is 79.9. The number of amides is 1. The standard InChI is InChI=1S/C11H12BrN5OS/c1-13-10(18)6-7-19-11-14-15-16-17(11)9-4-2-8(12)3-5-9/h2-5H,6-7H2,1H3,(H,13,18). The molecule has 6 nitrogen and oxygen atoms in total. The van der Waals surface area contributed by atoms with Gasteiger partial charge < -0.3 is 5.32 Å². The first-order valence-corrected chi connectivity index (χ1v) is 7.36. The highest BCUT2D eigenvalue weighted by molar-refractivity contribution is 9.10. The Bertz CT molecular complexity index is 556. The van der Waals surface area contributed by atoms with Crippen molar-refractivity contribution in [3.05, 3.63) is 28.7 Å². The van der Waals surface area contributed by atoms with Crippen LogP contribution in [-0.2, 0) is 4.79 Å². The average molecular weight is 342 g/mol. The molecule has 1 amide bonds. The van der Waals surface area contributed by atoms with Crippen LogP contribution in [0, 0.1) is 0 Å². The van der Waals surface area contributed by atoms with Gasteiger partial charge in [-0.05, 0) is 34.7 Å². The molecular weight excluding hydrogens is 330 g/mol. The molecule has 1 aromatic carbocycles. The second kappa shape index (κ2) is 6.67. The Balaban J connectivity index is 2.05. The molecule has 0 unspecified atom stereocenters. The van der Waals surface area contributed by atoms with Gasteiger partial charge in [0.1, 0.15) is 0 Å². The summed E-state index contributed by atoms with van der Waals surface area (Å²) in [6.07, 6.45) is 0.439. The summed E-state index contributed by atoms with van der Waals surface area (Å²) in [7, 11) is 1.62. The molecule has 1 N–H and O–H groups in total. The number of benzene rings is 1. The van der Waals surface area contributed by atoms with Gasteiger partial charge in [-0.2, -0.15) is 4.68 Å². The normalized spacial score (nSPS) is 10.4. The molecule has 0 saturated heterocycles. The molecule has 1 aromatic heterocycles. The van der Waals surface area contributed by atoms with Gasteiger partial charge in [0.25, 0.3) is 0 Å². The molecule has 19 heavy (non-hydrogen) atoms. The first-order valence-electron chi connectivity index (χ1n) is 5.58. The molecule has 0 bridgehead atoms. The molecule has 0 radical (unpaired) electrons. The molecule has 8 heteroatoms. The lowest BCUT2D eigenvalue weighted by molar-refractivity contribution is -0.120. The maximum atomic E-state index is 11.1. The minimum absolute atomic E-state index is 0.00941.